The van der Waals surface area contributed by atoms with Crippen molar-refractivity contribution in [1.82, 2.24) is 8.96 Å². The lowest BCUT2D eigenvalue weighted by Crippen LogP contribution is -1.94. The van der Waals surface area contributed by atoms with Crippen LogP contribution in [-0.4, -0.2) is 16.1 Å². The Morgan fingerprint density at radius 3 is 2.63 bits per heavy atom. The molecule has 5 heteroatoms. The van der Waals surface area contributed by atoms with Crippen LogP contribution in [0.1, 0.15) is 43.7 Å². The van der Waals surface area contributed by atoms with Gasteiger partial charge in [-0.25, -0.2) is 4.98 Å². The maximum atomic E-state index is 5.39. The van der Waals surface area contributed by atoms with E-state index in [-0.39, 0.29) is 0 Å². The molecule has 104 valence electrons. The lowest BCUT2D eigenvalue weighted by Gasteiger charge is -2.07. The third kappa shape index (κ3) is 2.72. The number of ether oxygens (including phenoxy) is 1. The Kier molecular flexibility index (Phi) is 5.00. The van der Waals surface area contributed by atoms with Crippen LogP contribution in [0.25, 0.3) is 10.9 Å². The fourth-order valence-electron chi connectivity index (χ4n) is 2.33. The van der Waals surface area contributed by atoms with Crippen molar-refractivity contribution in [2.45, 2.75) is 39.5 Å². The molecular formula is C14H19IN2OS. The van der Waals surface area contributed by atoms with Gasteiger partial charge in [-0.15, -0.1) is 0 Å². The number of aryl methyl sites for hydroxylation is 1. The molecule has 1 saturated carbocycles. The van der Waals surface area contributed by atoms with Gasteiger partial charge >= 0.3 is 0 Å². The van der Waals surface area contributed by atoms with Gasteiger partial charge in [0.05, 0.1) is 7.11 Å². The number of halogens is 1. The first kappa shape index (κ1) is 15.0. The zero-order chi connectivity index (χ0) is 14.0. The summed E-state index contributed by atoms with van der Waals surface area (Å²) in [5.41, 5.74) is 3.82. The number of hydrogen-bond donors (Lipinski definition) is 0. The molecule has 1 aliphatic carbocycles. The number of aromatic nitrogens is 2. The fourth-order valence-corrected chi connectivity index (χ4v) is 3.70. The van der Waals surface area contributed by atoms with Gasteiger partial charge in [0.1, 0.15) is 5.52 Å². The molecule has 3 nitrogen and oxygen atoms in total. The molecule has 0 N–H and O–H groups in total. The lowest BCUT2D eigenvalue weighted by molar-refractivity contribution is 0.402. The first-order chi connectivity index (χ1) is 9.26. The highest BCUT2D eigenvalue weighted by Crippen LogP contribution is 2.46. The molecule has 2 heterocycles. The van der Waals surface area contributed by atoms with Crippen LogP contribution >= 0.6 is 30.3 Å². The van der Waals surface area contributed by atoms with Crippen LogP contribution in [0.15, 0.2) is 12.4 Å². The zero-order valence-corrected chi connectivity index (χ0v) is 14.7. The zero-order valence-electron chi connectivity index (χ0n) is 11.7. The third-order valence-electron chi connectivity index (χ3n) is 3.26. The molecule has 0 amide bonds. The number of fused-ring (bicyclic) bond motifs is 1. The largest absolute Gasteiger partial charge is 0.479 e. The van der Waals surface area contributed by atoms with Crippen LogP contribution in [0.3, 0.4) is 0 Å². The SMILES string of the molecule is CC.COc1ncc(C2CC2)c2c(C)cn(SI)c12. The van der Waals surface area contributed by atoms with E-state index in [9.17, 15) is 0 Å². The molecule has 2 aromatic heterocycles. The normalized spacial score (nSPS) is 14.2. The van der Waals surface area contributed by atoms with Crippen LogP contribution in [-0.2, 0) is 0 Å². The first-order valence-electron chi connectivity index (χ1n) is 6.60. The minimum absolute atomic E-state index is 0.713. The van der Waals surface area contributed by atoms with E-state index >= 15 is 0 Å². The molecule has 3 rings (SSSR count). The minimum atomic E-state index is 0.713. The molecule has 2 aromatic rings. The van der Waals surface area contributed by atoms with E-state index in [0.29, 0.717) is 5.92 Å². The molecule has 0 aromatic carbocycles. The van der Waals surface area contributed by atoms with Gasteiger partial charge < -0.3 is 4.74 Å². The predicted molar refractivity (Wildman–Crippen MR) is 91.4 cm³/mol. The second kappa shape index (κ2) is 6.35. The Hall–Kier alpha value is -0.430. The average molecular weight is 390 g/mol. The standard InChI is InChI=1S/C12H13IN2OS.C2H6/c1-7-6-15(17-13)11-10(7)9(8-3-4-8)5-14-12(11)16-2;1-2/h5-6,8H,3-4H2,1-2H3;1-2H3. The molecule has 0 bridgehead atoms. The Balaban J connectivity index is 0.000000637. The van der Waals surface area contributed by atoms with Crippen molar-refractivity contribution in [3.8, 4) is 5.88 Å². The lowest BCUT2D eigenvalue weighted by atomic mass is 10.1. The first-order valence-corrected chi connectivity index (χ1v) is 9.91. The molecule has 0 spiro atoms. The summed E-state index contributed by atoms with van der Waals surface area (Å²) in [7, 11) is 3.34. The average Bonchev–Trinajstić information content (AvgIpc) is 3.25. The highest BCUT2D eigenvalue weighted by atomic mass is 127. The second-order valence-electron chi connectivity index (χ2n) is 4.43. The molecular weight excluding hydrogens is 371 g/mol. The smallest absolute Gasteiger partial charge is 0.239 e. The summed E-state index contributed by atoms with van der Waals surface area (Å²) in [5.74, 6) is 1.44. The van der Waals surface area contributed by atoms with Crippen LogP contribution in [0, 0.1) is 6.92 Å². The van der Waals surface area contributed by atoms with Gasteiger partial charge in [-0.2, -0.15) is 0 Å². The van der Waals surface area contributed by atoms with E-state index in [4.69, 9.17) is 4.74 Å². The summed E-state index contributed by atoms with van der Waals surface area (Å²) < 4.78 is 7.53. The van der Waals surface area contributed by atoms with Crippen molar-refractivity contribution in [1.29, 1.82) is 0 Å². The van der Waals surface area contributed by atoms with E-state index in [0.717, 1.165) is 11.4 Å². The van der Waals surface area contributed by atoms with Gasteiger partial charge in [-0.05, 0) is 36.8 Å². The van der Waals surface area contributed by atoms with E-state index in [1.807, 2.05) is 20.0 Å². The third-order valence-corrected chi connectivity index (χ3v) is 4.97. The van der Waals surface area contributed by atoms with Gasteiger partial charge in [0.2, 0.25) is 5.88 Å². The van der Waals surface area contributed by atoms with Crippen molar-refractivity contribution in [2.75, 3.05) is 7.11 Å². The molecule has 0 aliphatic heterocycles. The predicted octanol–water partition coefficient (Wildman–Crippen LogP) is 5.10. The minimum Gasteiger partial charge on any atom is -0.479 e. The van der Waals surface area contributed by atoms with Gasteiger partial charge in [-0.1, -0.05) is 13.8 Å². The van der Waals surface area contributed by atoms with Gasteiger partial charge in [-0.3, -0.25) is 3.97 Å². The van der Waals surface area contributed by atoms with Crippen molar-refractivity contribution in [3.63, 3.8) is 0 Å². The van der Waals surface area contributed by atoms with Crippen LogP contribution in [0.2, 0.25) is 0 Å². The second-order valence-corrected chi connectivity index (χ2v) is 6.14. The number of nitrogens with zero attached hydrogens (tertiary/aromatic N) is 2. The molecule has 0 radical (unpaired) electrons. The van der Waals surface area contributed by atoms with Crippen molar-refractivity contribution in [2.24, 2.45) is 0 Å². The van der Waals surface area contributed by atoms with Crippen molar-refractivity contribution >= 4 is 41.2 Å². The quantitative estimate of drug-likeness (QED) is 0.682. The summed E-state index contributed by atoms with van der Waals surface area (Å²) in [5, 5.41) is 1.34. The maximum Gasteiger partial charge on any atom is 0.239 e. The number of pyridine rings is 1. The molecule has 0 atom stereocenters. The van der Waals surface area contributed by atoms with Gasteiger partial charge in [0, 0.05) is 48.1 Å². The summed E-state index contributed by atoms with van der Waals surface area (Å²) in [6.07, 6.45) is 6.75. The summed E-state index contributed by atoms with van der Waals surface area (Å²) in [6, 6.07) is 0. The Labute approximate surface area is 130 Å². The van der Waals surface area contributed by atoms with Crippen LogP contribution in [0.5, 0.6) is 5.88 Å². The Morgan fingerprint density at radius 2 is 2.11 bits per heavy atom. The van der Waals surface area contributed by atoms with E-state index in [2.05, 4.69) is 43.3 Å². The fraction of sp³-hybridized carbons (Fsp3) is 0.500. The molecule has 1 aliphatic rings. The van der Waals surface area contributed by atoms with Gasteiger partial charge in [0.15, 0.2) is 0 Å². The summed E-state index contributed by atoms with van der Waals surface area (Å²) in [4.78, 5) is 4.45. The Bertz CT molecular complexity index is 578. The highest BCUT2D eigenvalue weighted by Gasteiger charge is 2.28. The topological polar surface area (TPSA) is 27.1 Å². The summed E-state index contributed by atoms with van der Waals surface area (Å²) in [6.45, 7) is 6.16. The monoisotopic (exact) mass is 390 g/mol. The molecule has 19 heavy (non-hydrogen) atoms. The van der Waals surface area contributed by atoms with Gasteiger partial charge in [0.25, 0.3) is 0 Å². The molecule has 1 fully saturated rings. The van der Waals surface area contributed by atoms with E-state index in [1.165, 1.54) is 29.4 Å². The number of rotatable bonds is 3. The maximum absolute atomic E-state index is 5.39. The van der Waals surface area contributed by atoms with E-state index in [1.54, 1.807) is 16.2 Å². The van der Waals surface area contributed by atoms with Crippen molar-refractivity contribution < 1.29 is 4.74 Å². The molecule has 0 unspecified atom stereocenters. The van der Waals surface area contributed by atoms with E-state index < -0.39 is 0 Å². The number of methoxy groups -OCH3 is 1. The Morgan fingerprint density at radius 1 is 1.42 bits per heavy atom. The van der Waals surface area contributed by atoms with Crippen LogP contribution in [0.4, 0.5) is 0 Å². The van der Waals surface area contributed by atoms with Crippen LogP contribution < -0.4 is 4.74 Å². The van der Waals surface area contributed by atoms with Crippen molar-refractivity contribution in [3.05, 3.63) is 23.5 Å². The molecule has 0 saturated heterocycles. The highest BCUT2D eigenvalue weighted by molar-refractivity contribution is 14.2. The number of hydrogen-bond acceptors (Lipinski definition) is 3. The summed E-state index contributed by atoms with van der Waals surface area (Å²) >= 11 is 2.29.